The van der Waals surface area contributed by atoms with Gasteiger partial charge in [0.2, 0.25) is 0 Å². The van der Waals surface area contributed by atoms with Crippen LogP contribution in [0.4, 0.5) is 0 Å². The molecule has 1 N–H and O–H groups in total. The van der Waals surface area contributed by atoms with E-state index in [0.29, 0.717) is 5.92 Å². The van der Waals surface area contributed by atoms with E-state index in [2.05, 4.69) is 42.6 Å². The summed E-state index contributed by atoms with van der Waals surface area (Å²) in [4.78, 5) is 14.6. The Hall–Kier alpha value is -2.13. The molecule has 1 heterocycles. The number of aryl methyl sites for hydroxylation is 1. The van der Waals surface area contributed by atoms with Crippen LogP contribution < -0.4 is 5.32 Å². The standard InChI is InChI=1S/C21H26N2O/c1-16-6-3-8-18(12-16)19-9-4-10-20(13-19)21(24)23(2)15-17-7-5-11-22-14-17/h3-4,6,8-10,12-13,17,22H,5,7,11,14-15H2,1-2H3/t17-/m0/s1. The quantitative estimate of drug-likeness (QED) is 0.930. The summed E-state index contributed by atoms with van der Waals surface area (Å²) in [6.45, 7) is 5.03. The van der Waals surface area contributed by atoms with E-state index in [1.165, 1.54) is 18.4 Å². The Morgan fingerprint density at radius 3 is 2.62 bits per heavy atom. The molecular formula is C21H26N2O. The second-order valence-electron chi connectivity index (χ2n) is 6.85. The number of rotatable bonds is 4. The lowest BCUT2D eigenvalue weighted by atomic mass is 9.98. The van der Waals surface area contributed by atoms with Crippen molar-refractivity contribution in [3.05, 3.63) is 59.7 Å². The van der Waals surface area contributed by atoms with Crippen molar-refractivity contribution < 1.29 is 4.79 Å². The highest BCUT2D eigenvalue weighted by Gasteiger charge is 2.19. The van der Waals surface area contributed by atoms with Gasteiger partial charge in [0.05, 0.1) is 0 Å². The van der Waals surface area contributed by atoms with Crippen molar-refractivity contribution in [1.82, 2.24) is 10.2 Å². The number of nitrogens with zero attached hydrogens (tertiary/aromatic N) is 1. The second-order valence-corrected chi connectivity index (χ2v) is 6.85. The largest absolute Gasteiger partial charge is 0.341 e. The van der Waals surface area contributed by atoms with Crippen molar-refractivity contribution in [3.8, 4) is 11.1 Å². The van der Waals surface area contributed by atoms with Gasteiger partial charge in [-0.3, -0.25) is 4.79 Å². The Morgan fingerprint density at radius 2 is 1.92 bits per heavy atom. The Morgan fingerprint density at radius 1 is 1.17 bits per heavy atom. The van der Waals surface area contributed by atoms with E-state index in [-0.39, 0.29) is 5.91 Å². The molecule has 3 heteroatoms. The summed E-state index contributed by atoms with van der Waals surface area (Å²) in [5.74, 6) is 0.669. The Labute approximate surface area is 144 Å². The summed E-state index contributed by atoms with van der Waals surface area (Å²) in [7, 11) is 1.91. The Bertz CT molecular complexity index is 704. The van der Waals surface area contributed by atoms with Crippen molar-refractivity contribution in [2.45, 2.75) is 19.8 Å². The van der Waals surface area contributed by atoms with E-state index in [1.807, 2.05) is 30.1 Å². The van der Waals surface area contributed by atoms with Gasteiger partial charge in [0, 0.05) is 19.2 Å². The minimum Gasteiger partial charge on any atom is -0.341 e. The third-order valence-electron chi connectivity index (χ3n) is 4.74. The van der Waals surface area contributed by atoms with Crippen LogP contribution in [0.5, 0.6) is 0 Å². The topological polar surface area (TPSA) is 32.3 Å². The summed E-state index contributed by atoms with van der Waals surface area (Å²) in [6.07, 6.45) is 2.41. The predicted molar refractivity (Wildman–Crippen MR) is 99.2 cm³/mol. The van der Waals surface area contributed by atoms with Gasteiger partial charge in [-0.05, 0) is 62.0 Å². The highest BCUT2D eigenvalue weighted by atomic mass is 16.2. The zero-order valence-electron chi connectivity index (χ0n) is 14.6. The average molecular weight is 322 g/mol. The zero-order valence-corrected chi connectivity index (χ0v) is 14.6. The fourth-order valence-corrected chi connectivity index (χ4v) is 3.43. The van der Waals surface area contributed by atoms with E-state index in [9.17, 15) is 4.79 Å². The van der Waals surface area contributed by atoms with Crippen LogP contribution >= 0.6 is 0 Å². The molecule has 2 aromatic rings. The van der Waals surface area contributed by atoms with E-state index < -0.39 is 0 Å². The van der Waals surface area contributed by atoms with Crippen LogP contribution in [0.2, 0.25) is 0 Å². The van der Waals surface area contributed by atoms with E-state index in [4.69, 9.17) is 0 Å². The third-order valence-corrected chi connectivity index (χ3v) is 4.74. The molecule has 126 valence electrons. The molecule has 0 aliphatic carbocycles. The van der Waals surface area contributed by atoms with Gasteiger partial charge in [0.1, 0.15) is 0 Å². The first-order chi connectivity index (χ1) is 11.6. The maximum atomic E-state index is 12.8. The fourth-order valence-electron chi connectivity index (χ4n) is 3.43. The summed E-state index contributed by atoms with van der Waals surface area (Å²) in [5, 5.41) is 3.42. The second kappa shape index (κ2) is 7.63. The van der Waals surface area contributed by atoms with Crippen molar-refractivity contribution >= 4 is 5.91 Å². The van der Waals surface area contributed by atoms with Gasteiger partial charge in [0.25, 0.3) is 5.91 Å². The Kier molecular flexibility index (Phi) is 5.31. The first-order valence-electron chi connectivity index (χ1n) is 8.77. The lowest BCUT2D eigenvalue weighted by Crippen LogP contribution is -2.39. The molecule has 0 saturated carbocycles. The fraction of sp³-hybridized carbons (Fsp3) is 0.381. The lowest BCUT2D eigenvalue weighted by Gasteiger charge is -2.27. The molecule has 1 aliphatic rings. The molecule has 1 amide bonds. The van der Waals surface area contributed by atoms with Crippen LogP contribution in [-0.4, -0.2) is 37.5 Å². The van der Waals surface area contributed by atoms with Crippen molar-refractivity contribution in [1.29, 1.82) is 0 Å². The summed E-state index contributed by atoms with van der Waals surface area (Å²) < 4.78 is 0. The monoisotopic (exact) mass is 322 g/mol. The van der Waals surface area contributed by atoms with Crippen LogP contribution in [-0.2, 0) is 0 Å². The van der Waals surface area contributed by atoms with E-state index >= 15 is 0 Å². The van der Waals surface area contributed by atoms with Crippen LogP contribution in [0.1, 0.15) is 28.8 Å². The van der Waals surface area contributed by atoms with Crippen molar-refractivity contribution in [2.75, 3.05) is 26.7 Å². The Balaban J connectivity index is 1.74. The SMILES string of the molecule is Cc1cccc(-c2cccc(C(=O)N(C)C[C@H]3CCCNC3)c2)c1. The normalized spacial score (nSPS) is 17.5. The predicted octanol–water partition coefficient (Wildman–Crippen LogP) is 3.73. The van der Waals surface area contributed by atoms with Gasteiger partial charge in [-0.25, -0.2) is 0 Å². The van der Waals surface area contributed by atoms with Gasteiger partial charge >= 0.3 is 0 Å². The van der Waals surface area contributed by atoms with Gasteiger partial charge in [-0.1, -0.05) is 42.0 Å². The summed E-state index contributed by atoms with van der Waals surface area (Å²) in [5.41, 5.74) is 4.24. The molecule has 0 unspecified atom stereocenters. The van der Waals surface area contributed by atoms with Gasteiger partial charge < -0.3 is 10.2 Å². The van der Waals surface area contributed by atoms with Crippen molar-refractivity contribution in [3.63, 3.8) is 0 Å². The number of hydrogen-bond acceptors (Lipinski definition) is 2. The van der Waals surface area contributed by atoms with E-state index in [0.717, 1.165) is 36.3 Å². The highest BCUT2D eigenvalue weighted by Crippen LogP contribution is 2.22. The molecule has 3 nitrogen and oxygen atoms in total. The molecule has 1 fully saturated rings. The number of hydrogen-bond donors (Lipinski definition) is 1. The number of carbonyl (C=O) groups excluding carboxylic acids is 1. The maximum absolute atomic E-state index is 12.8. The van der Waals surface area contributed by atoms with Crippen molar-refractivity contribution in [2.24, 2.45) is 5.92 Å². The molecule has 0 spiro atoms. The minimum absolute atomic E-state index is 0.107. The number of benzene rings is 2. The first-order valence-corrected chi connectivity index (χ1v) is 8.77. The highest BCUT2D eigenvalue weighted by molar-refractivity contribution is 5.95. The number of carbonyl (C=O) groups is 1. The summed E-state index contributed by atoms with van der Waals surface area (Å²) in [6, 6.07) is 16.3. The van der Waals surface area contributed by atoms with E-state index in [1.54, 1.807) is 0 Å². The first kappa shape index (κ1) is 16.7. The minimum atomic E-state index is 0.107. The number of nitrogens with one attached hydrogen (secondary N) is 1. The molecular weight excluding hydrogens is 296 g/mol. The van der Waals surface area contributed by atoms with Gasteiger partial charge in [0.15, 0.2) is 0 Å². The number of amides is 1. The molecule has 1 atom stereocenters. The average Bonchev–Trinajstić information content (AvgIpc) is 2.62. The van der Waals surface area contributed by atoms with Crippen LogP contribution in [0, 0.1) is 12.8 Å². The van der Waals surface area contributed by atoms with Crippen LogP contribution in [0.25, 0.3) is 11.1 Å². The van der Waals surface area contributed by atoms with Crippen LogP contribution in [0.3, 0.4) is 0 Å². The molecule has 1 aliphatic heterocycles. The third kappa shape index (κ3) is 4.04. The number of piperidine rings is 1. The molecule has 0 bridgehead atoms. The zero-order chi connectivity index (χ0) is 16.9. The molecule has 1 saturated heterocycles. The van der Waals surface area contributed by atoms with Crippen LogP contribution in [0.15, 0.2) is 48.5 Å². The molecule has 0 aromatic heterocycles. The summed E-state index contributed by atoms with van der Waals surface area (Å²) >= 11 is 0. The molecule has 3 rings (SSSR count). The molecule has 2 aromatic carbocycles. The smallest absolute Gasteiger partial charge is 0.253 e. The van der Waals surface area contributed by atoms with Gasteiger partial charge in [-0.2, -0.15) is 0 Å². The maximum Gasteiger partial charge on any atom is 0.253 e. The molecule has 0 radical (unpaired) electrons. The molecule has 24 heavy (non-hydrogen) atoms. The lowest BCUT2D eigenvalue weighted by molar-refractivity contribution is 0.0765. The van der Waals surface area contributed by atoms with Gasteiger partial charge in [-0.15, -0.1) is 0 Å².